The molecule has 0 spiro atoms. The molecule has 0 fully saturated rings. The Hall–Kier alpha value is -0.290. The summed E-state index contributed by atoms with van der Waals surface area (Å²) in [5, 5.41) is 0.600. The van der Waals surface area contributed by atoms with Crippen molar-refractivity contribution in [2.75, 3.05) is 0 Å². The highest BCUT2D eigenvalue weighted by molar-refractivity contribution is 7.91. The predicted octanol–water partition coefficient (Wildman–Crippen LogP) is 3.27. The van der Waals surface area contributed by atoms with E-state index in [0.717, 1.165) is 0 Å². The fourth-order valence-corrected chi connectivity index (χ4v) is 1.59. The third-order valence-corrected chi connectivity index (χ3v) is 3.67. The third-order valence-electron chi connectivity index (χ3n) is 1.64. The van der Waals surface area contributed by atoms with Gasteiger partial charge in [0.2, 0.25) is 0 Å². The fourth-order valence-electron chi connectivity index (χ4n) is 0.773. The van der Waals surface area contributed by atoms with Gasteiger partial charge in [0.1, 0.15) is 21.3 Å². The van der Waals surface area contributed by atoms with Crippen LogP contribution >= 0.6 is 23.2 Å². The predicted molar refractivity (Wildman–Crippen MR) is 69.7 cm³/mol. The molecule has 1 aromatic heterocycles. The summed E-state index contributed by atoms with van der Waals surface area (Å²) in [6.07, 6.45) is 3.01. The van der Waals surface area contributed by atoms with E-state index in [1.54, 1.807) is 6.07 Å². The lowest BCUT2D eigenvalue weighted by atomic mass is 10.3. The van der Waals surface area contributed by atoms with E-state index in [1.165, 1.54) is 12.4 Å². The molecular formula is C10H12Cl2N2OS. The summed E-state index contributed by atoms with van der Waals surface area (Å²) in [5.74, 6) is 0. The second-order valence-electron chi connectivity index (χ2n) is 4.14. The lowest BCUT2D eigenvalue weighted by Gasteiger charge is -2.17. The lowest BCUT2D eigenvalue weighted by molar-refractivity contribution is 0.562. The summed E-state index contributed by atoms with van der Waals surface area (Å²) < 4.78 is 15.2. The Morgan fingerprint density at radius 1 is 1.44 bits per heavy atom. The van der Waals surface area contributed by atoms with Crippen molar-refractivity contribution in [3.63, 3.8) is 0 Å². The number of pyridine rings is 1. The van der Waals surface area contributed by atoms with E-state index < -0.39 is 11.4 Å². The third kappa shape index (κ3) is 3.94. The first-order valence-electron chi connectivity index (χ1n) is 4.58. The molecule has 6 heteroatoms. The summed E-state index contributed by atoms with van der Waals surface area (Å²) in [6.45, 7) is 5.56. The minimum absolute atomic E-state index is 0.246. The molecule has 1 heterocycles. The van der Waals surface area contributed by atoms with Crippen LogP contribution in [-0.4, -0.2) is 20.5 Å². The topological polar surface area (TPSA) is 48.3 Å². The molecule has 0 aliphatic rings. The number of rotatable bonds is 2. The molecular weight excluding hydrogens is 267 g/mol. The molecule has 0 unspecified atom stereocenters. The van der Waals surface area contributed by atoms with Gasteiger partial charge in [-0.3, -0.25) is 0 Å². The molecule has 0 saturated carbocycles. The zero-order valence-corrected chi connectivity index (χ0v) is 11.5. The van der Waals surface area contributed by atoms with Gasteiger partial charge in [0.05, 0.1) is 11.2 Å². The number of nitrogens with zero attached hydrogens (tertiary/aromatic N) is 2. The SMILES string of the molecule is CC(C)(C)[S@@+]([O-])/N=C/c1cnc(Cl)c(Cl)c1. The average molecular weight is 279 g/mol. The maximum atomic E-state index is 11.6. The second kappa shape index (κ2) is 5.36. The Morgan fingerprint density at radius 2 is 2.06 bits per heavy atom. The molecule has 16 heavy (non-hydrogen) atoms. The van der Waals surface area contributed by atoms with Gasteiger partial charge in [0.15, 0.2) is 0 Å². The van der Waals surface area contributed by atoms with Crippen molar-refractivity contribution in [2.45, 2.75) is 25.5 Å². The van der Waals surface area contributed by atoms with Gasteiger partial charge in [-0.05, 0) is 26.8 Å². The van der Waals surface area contributed by atoms with Crippen LogP contribution in [0.15, 0.2) is 16.7 Å². The summed E-state index contributed by atoms with van der Waals surface area (Å²) in [4.78, 5) is 3.86. The summed E-state index contributed by atoms with van der Waals surface area (Å²) in [5.41, 5.74) is 0.673. The van der Waals surface area contributed by atoms with Crippen molar-refractivity contribution in [3.05, 3.63) is 28.0 Å². The molecule has 0 amide bonds. The quantitative estimate of drug-likeness (QED) is 0.474. The van der Waals surface area contributed by atoms with E-state index >= 15 is 0 Å². The highest BCUT2D eigenvalue weighted by Gasteiger charge is 2.25. The van der Waals surface area contributed by atoms with Crippen LogP contribution in [-0.2, 0) is 11.4 Å². The number of aromatic nitrogens is 1. The van der Waals surface area contributed by atoms with Gasteiger partial charge >= 0.3 is 0 Å². The van der Waals surface area contributed by atoms with E-state index in [0.29, 0.717) is 10.6 Å². The van der Waals surface area contributed by atoms with Crippen LogP contribution in [0.25, 0.3) is 0 Å². The maximum absolute atomic E-state index is 11.6. The van der Waals surface area contributed by atoms with Crippen LogP contribution in [0.2, 0.25) is 10.2 Å². The van der Waals surface area contributed by atoms with E-state index in [4.69, 9.17) is 23.2 Å². The number of hydrogen-bond acceptors (Lipinski definition) is 3. The minimum atomic E-state index is -1.28. The molecule has 88 valence electrons. The van der Waals surface area contributed by atoms with Gasteiger partial charge in [-0.2, -0.15) is 0 Å². The summed E-state index contributed by atoms with van der Waals surface area (Å²) in [7, 11) is 0. The average Bonchev–Trinajstić information content (AvgIpc) is 2.18. The van der Waals surface area contributed by atoms with Crippen LogP contribution in [0.5, 0.6) is 0 Å². The lowest BCUT2D eigenvalue weighted by Crippen LogP contribution is -2.25. The van der Waals surface area contributed by atoms with Crippen LogP contribution in [0.3, 0.4) is 0 Å². The molecule has 1 atom stereocenters. The van der Waals surface area contributed by atoms with Gasteiger partial charge in [0, 0.05) is 11.8 Å². The molecule has 0 bridgehead atoms. The van der Waals surface area contributed by atoms with Gasteiger partial charge in [-0.1, -0.05) is 27.6 Å². The second-order valence-corrected chi connectivity index (χ2v) is 6.84. The minimum Gasteiger partial charge on any atom is -0.591 e. The molecule has 1 rings (SSSR count). The van der Waals surface area contributed by atoms with Gasteiger partial charge in [-0.25, -0.2) is 4.98 Å². The first kappa shape index (κ1) is 13.8. The van der Waals surface area contributed by atoms with Gasteiger partial charge in [-0.15, -0.1) is 0 Å². The monoisotopic (exact) mass is 278 g/mol. The van der Waals surface area contributed by atoms with Crippen LogP contribution in [0.1, 0.15) is 26.3 Å². The number of halogens is 2. The molecule has 0 N–H and O–H groups in total. The zero-order chi connectivity index (χ0) is 12.3. The normalized spacial score (nSPS) is 14.4. The van der Waals surface area contributed by atoms with Crippen molar-refractivity contribution in [1.29, 1.82) is 0 Å². The van der Waals surface area contributed by atoms with E-state index in [2.05, 4.69) is 9.38 Å². The Balaban J connectivity index is 2.81. The molecule has 0 radical (unpaired) electrons. The highest BCUT2D eigenvalue weighted by atomic mass is 35.5. The summed E-state index contributed by atoms with van der Waals surface area (Å²) in [6, 6.07) is 1.63. The molecule has 0 aliphatic carbocycles. The van der Waals surface area contributed by atoms with Crippen molar-refractivity contribution in [1.82, 2.24) is 4.98 Å². The Labute approximate surface area is 108 Å². The molecule has 0 aliphatic heterocycles. The smallest absolute Gasteiger partial charge is 0.147 e. The summed E-state index contributed by atoms with van der Waals surface area (Å²) >= 11 is 10.2. The van der Waals surface area contributed by atoms with Crippen molar-refractivity contribution in [2.24, 2.45) is 4.40 Å². The van der Waals surface area contributed by atoms with Crippen molar-refractivity contribution >= 4 is 40.8 Å². The largest absolute Gasteiger partial charge is 0.591 e. The highest BCUT2D eigenvalue weighted by Crippen LogP contribution is 2.20. The van der Waals surface area contributed by atoms with Crippen molar-refractivity contribution < 1.29 is 4.55 Å². The first-order valence-corrected chi connectivity index (χ1v) is 6.44. The standard InChI is InChI=1S/C10H12Cl2N2OS/c1-10(2,3)16(15)14-6-7-4-8(11)9(12)13-5-7/h4-6H,1-3H3/b14-6+/t16-/m1/s1. The molecule has 0 aromatic carbocycles. The van der Waals surface area contributed by atoms with Gasteiger partial charge < -0.3 is 4.55 Å². The van der Waals surface area contributed by atoms with E-state index in [1.807, 2.05) is 20.8 Å². The Bertz CT molecular complexity index is 404. The van der Waals surface area contributed by atoms with Gasteiger partial charge in [0.25, 0.3) is 0 Å². The zero-order valence-electron chi connectivity index (χ0n) is 9.20. The Kier molecular flexibility index (Phi) is 4.62. The van der Waals surface area contributed by atoms with Crippen LogP contribution in [0.4, 0.5) is 0 Å². The maximum Gasteiger partial charge on any atom is 0.147 e. The molecule has 0 saturated heterocycles. The van der Waals surface area contributed by atoms with Crippen LogP contribution in [0, 0.1) is 0 Å². The first-order chi connectivity index (χ1) is 7.30. The number of hydrogen-bond donors (Lipinski definition) is 0. The fraction of sp³-hybridized carbons (Fsp3) is 0.400. The molecule has 3 nitrogen and oxygen atoms in total. The van der Waals surface area contributed by atoms with E-state index in [-0.39, 0.29) is 9.90 Å². The van der Waals surface area contributed by atoms with Crippen molar-refractivity contribution in [3.8, 4) is 0 Å². The van der Waals surface area contributed by atoms with Crippen LogP contribution < -0.4 is 0 Å². The molecule has 1 aromatic rings. The van der Waals surface area contributed by atoms with E-state index in [9.17, 15) is 4.55 Å². The Morgan fingerprint density at radius 3 is 2.56 bits per heavy atom.